The van der Waals surface area contributed by atoms with Gasteiger partial charge in [-0.15, -0.1) is 0 Å². The molecule has 1 aliphatic heterocycles. The Morgan fingerprint density at radius 2 is 1.54 bits per heavy atom. The van der Waals surface area contributed by atoms with Gasteiger partial charge in [0, 0.05) is 51.5 Å². The van der Waals surface area contributed by atoms with E-state index < -0.39 is 52.6 Å². The van der Waals surface area contributed by atoms with Crippen LogP contribution in [0.1, 0.15) is 50.8 Å². The van der Waals surface area contributed by atoms with Gasteiger partial charge in [0.2, 0.25) is 11.9 Å². The maximum absolute atomic E-state index is 14.2. The van der Waals surface area contributed by atoms with Crippen LogP contribution in [-0.2, 0) is 28.4 Å². The summed E-state index contributed by atoms with van der Waals surface area (Å²) in [7, 11) is 1.46. The van der Waals surface area contributed by atoms with Gasteiger partial charge in [-0.05, 0) is 45.4 Å². The molecule has 0 N–H and O–H groups in total. The first-order valence-corrected chi connectivity index (χ1v) is 16.1. The average molecular weight is 744 g/mol. The summed E-state index contributed by atoms with van der Waals surface area (Å²) in [6.07, 6.45) is -9.65. The van der Waals surface area contributed by atoms with E-state index in [1.54, 1.807) is 49.9 Å². The fraction of sp³-hybridized carbons (Fsp3) is 0.515. The van der Waals surface area contributed by atoms with Crippen molar-refractivity contribution in [3.05, 3.63) is 69.9 Å². The second-order valence-corrected chi connectivity index (χ2v) is 12.9. The summed E-state index contributed by atoms with van der Waals surface area (Å²) in [5, 5.41) is 3.89. The van der Waals surface area contributed by atoms with E-state index in [-0.39, 0.29) is 64.1 Å². The third-order valence-electron chi connectivity index (χ3n) is 7.72. The second kappa shape index (κ2) is 16.1. The van der Waals surface area contributed by atoms with Crippen LogP contribution < -0.4 is 19.9 Å². The molecule has 0 bridgehead atoms. The molecular formula is C33H39F6N7O6. The molecule has 1 atom stereocenters. The summed E-state index contributed by atoms with van der Waals surface area (Å²) in [6.45, 7) is 6.40. The Morgan fingerprint density at radius 3 is 2.08 bits per heavy atom. The highest BCUT2D eigenvalue weighted by molar-refractivity contribution is 5.77. The molecule has 19 heteroatoms. The van der Waals surface area contributed by atoms with Gasteiger partial charge in [0.25, 0.3) is 5.56 Å². The summed E-state index contributed by atoms with van der Waals surface area (Å²) in [4.78, 5) is 51.1. The normalized spacial score (nSPS) is 14.5. The molecule has 1 fully saturated rings. The topological polar surface area (TPSA) is 132 Å². The molecule has 1 saturated heterocycles. The monoisotopic (exact) mass is 743 g/mol. The highest BCUT2D eigenvalue weighted by atomic mass is 19.4. The fourth-order valence-electron chi connectivity index (χ4n) is 5.16. The Labute approximate surface area is 295 Å². The number of benzene rings is 1. The van der Waals surface area contributed by atoms with Crippen LogP contribution in [0, 0.1) is 0 Å². The maximum Gasteiger partial charge on any atom is 0.425 e. The van der Waals surface area contributed by atoms with Gasteiger partial charge >= 0.3 is 18.4 Å². The second-order valence-electron chi connectivity index (χ2n) is 12.9. The molecule has 1 aromatic carbocycles. The lowest BCUT2D eigenvalue weighted by Crippen LogP contribution is -2.50. The molecule has 3 heterocycles. The molecule has 4 rings (SSSR count). The first kappa shape index (κ1) is 39.7. The number of anilines is 1. The lowest BCUT2D eigenvalue weighted by molar-refractivity contribution is -0.141. The molecule has 284 valence electrons. The average Bonchev–Trinajstić information content (AvgIpc) is 3.06. The van der Waals surface area contributed by atoms with E-state index in [2.05, 4.69) is 15.1 Å². The van der Waals surface area contributed by atoms with E-state index in [0.29, 0.717) is 28.4 Å². The van der Waals surface area contributed by atoms with Crippen LogP contribution in [0.25, 0.3) is 0 Å². The molecule has 2 amide bonds. The number of carbonyl (C=O) groups excluding carboxylic acids is 2. The summed E-state index contributed by atoms with van der Waals surface area (Å²) < 4.78 is 98.0. The summed E-state index contributed by atoms with van der Waals surface area (Å²) in [6, 6.07) is 6.36. The maximum atomic E-state index is 14.2. The van der Waals surface area contributed by atoms with E-state index in [1.165, 1.54) is 18.9 Å². The van der Waals surface area contributed by atoms with E-state index in [4.69, 9.17) is 14.2 Å². The third-order valence-corrected chi connectivity index (χ3v) is 7.72. The SMILES string of the molecule is COc1ccc(Cn2ncc(O[C@@H](C)CN(CCC(=O)N3CCN(c4ncc(C(F)(F)F)cn4)CC3)C(=O)OC(C)(C)C)c(C(F)(F)F)c2=O)cc1. The standard InChI is InChI=1S/C33H39F6N7O6/c1-21(51-25-18-42-46(28(48)27(25)33(37,38)39)20-22-6-8-24(50-5)9-7-22)19-45(30(49)52-31(2,3)4)11-10-26(47)43-12-14-44(15-13-43)29-40-16-23(17-41-29)32(34,35)36/h6-9,16-18,21H,10-15,19-20H2,1-5H3/t21-/m0/s1. The number of methoxy groups -OCH3 is 1. The number of aromatic nitrogens is 4. The zero-order valence-electron chi connectivity index (χ0n) is 29.1. The van der Waals surface area contributed by atoms with Crippen LogP contribution in [-0.4, -0.2) is 99.6 Å². The van der Waals surface area contributed by atoms with Crippen molar-refractivity contribution in [2.24, 2.45) is 0 Å². The van der Waals surface area contributed by atoms with Crippen LogP contribution in [0.5, 0.6) is 11.5 Å². The number of halogens is 6. The molecule has 0 spiro atoms. The van der Waals surface area contributed by atoms with Gasteiger partial charge in [-0.25, -0.2) is 19.4 Å². The molecular weight excluding hydrogens is 704 g/mol. The largest absolute Gasteiger partial charge is 0.497 e. The molecule has 0 aliphatic carbocycles. The molecule has 2 aromatic heterocycles. The zero-order chi connectivity index (χ0) is 38.4. The number of carbonyl (C=O) groups is 2. The molecule has 52 heavy (non-hydrogen) atoms. The number of piperazine rings is 1. The Kier molecular flexibility index (Phi) is 12.3. The molecule has 0 saturated carbocycles. The van der Waals surface area contributed by atoms with Gasteiger partial charge in [-0.1, -0.05) is 12.1 Å². The van der Waals surface area contributed by atoms with E-state index in [1.807, 2.05) is 0 Å². The number of alkyl halides is 6. The predicted molar refractivity (Wildman–Crippen MR) is 174 cm³/mol. The Hall–Kier alpha value is -5.10. The van der Waals surface area contributed by atoms with Gasteiger partial charge < -0.3 is 28.9 Å². The number of rotatable bonds is 11. The van der Waals surface area contributed by atoms with Crippen LogP contribution in [0.3, 0.4) is 0 Å². The van der Waals surface area contributed by atoms with Crippen molar-refractivity contribution in [1.82, 2.24) is 29.5 Å². The third kappa shape index (κ3) is 10.7. The first-order chi connectivity index (χ1) is 24.2. The van der Waals surface area contributed by atoms with Crippen LogP contribution >= 0.6 is 0 Å². The molecule has 0 radical (unpaired) electrons. The van der Waals surface area contributed by atoms with Gasteiger partial charge in [0.15, 0.2) is 11.3 Å². The van der Waals surface area contributed by atoms with Crippen LogP contribution in [0.4, 0.5) is 37.1 Å². The summed E-state index contributed by atoms with van der Waals surface area (Å²) in [5.41, 5.74) is -4.41. The Balaban J connectivity index is 1.42. The van der Waals surface area contributed by atoms with Gasteiger partial charge in [0.1, 0.15) is 17.5 Å². The summed E-state index contributed by atoms with van der Waals surface area (Å²) in [5.74, 6) is -0.565. The van der Waals surface area contributed by atoms with Crippen LogP contribution in [0.15, 0.2) is 47.7 Å². The van der Waals surface area contributed by atoms with Crippen molar-refractivity contribution in [3.63, 3.8) is 0 Å². The highest BCUT2D eigenvalue weighted by Crippen LogP contribution is 2.34. The van der Waals surface area contributed by atoms with Crippen molar-refractivity contribution in [2.45, 2.75) is 64.7 Å². The smallest absolute Gasteiger partial charge is 0.425 e. The van der Waals surface area contributed by atoms with E-state index in [9.17, 15) is 40.7 Å². The molecule has 3 aromatic rings. The van der Waals surface area contributed by atoms with Crippen LogP contribution in [0.2, 0.25) is 0 Å². The first-order valence-electron chi connectivity index (χ1n) is 16.1. The van der Waals surface area contributed by atoms with E-state index in [0.717, 1.165) is 11.1 Å². The Bertz CT molecular complexity index is 1740. The number of hydrogen-bond acceptors (Lipinski definition) is 10. The van der Waals surface area contributed by atoms with Gasteiger partial charge in [0.05, 0.1) is 32.0 Å². The number of ether oxygens (including phenoxy) is 3. The van der Waals surface area contributed by atoms with Gasteiger partial charge in [-0.3, -0.25) is 9.59 Å². The predicted octanol–water partition coefficient (Wildman–Crippen LogP) is 4.87. The molecule has 0 unspecified atom stereocenters. The zero-order valence-corrected chi connectivity index (χ0v) is 29.1. The van der Waals surface area contributed by atoms with Crippen molar-refractivity contribution >= 4 is 17.9 Å². The summed E-state index contributed by atoms with van der Waals surface area (Å²) >= 11 is 0. The Morgan fingerprint density at radius 1 is 0.923 bits per heavy atom. The number of nitrogens with zero attached hydrogens (tertiary/aromatic N) is 7. The number of hydrogen-bond donors (Lipinski definition) is 0. The molecule has 13 nitrogen and oxygen atoms in total. The minimum absolute atomic E-state index is 0.0867. The number of amides is 2. The fourth-order valence-corrected chi connectivity index (χ4v) is 5.16. The van der Waals surface area contributed by atoms with Crippen molar-refractivity contribution in [2.75, 3.05) is 51.3 Å². The highest BCUT2D eigenvalue weighted by Gasteiger charge is 2.40. The van der Waals surface area contributed by atoms with Crippen molar-refractivity contribution in [1.29, 1.82) is 0 Å². The lowest BCUT2D eigenvalue weighted by Gasteiger charge is -2.35. The lowest BCUT2D eigenvalue weighted by atomic mass is 10.2. The van der Waals surface area contributed by atoms with Crippen molar-refractivity contribution in [3.8, 4) is 11.5 Å². The quantitative estimate of drug-likeness (QED) is 0.251. The minimum Gasteiger partial charge on any atom is -0.497 e. The van der Waals surface area contributed by atoms with E-state index >= 15 is 0 Å². The molecule has 1 aliphatic rings. The minimum atomic E-state index is -5.10. The van der Waals surface area contributed by atoms with Gasteiger partial charge in [-0.2, -0.15) is 31.4 Å². The van der Waals surface area contributed by atoms with Crippen molar-refractivity contribution < 1.29 is 50.1 Å².